The van der Waals surface area contributed by atoms with Crippen molar-refractivity contribution in [1.29, 1.82) is 0 Å². The molecule has 4 heterocycles. The van der Waals surface area contributed by atoms with Crippen LogP contribution in [0.25, 0.3) is 10.9 Å². The van der Waals surface area contributed by atoms with Gasteiger partial charge in [0.25, 0.3) is 0 Å². The van der Waals surface area contributed by atoms with Crippen LogP contribution in [0.5, 0.6) is 0 Å². The number of hydrogen-bond donors (Lipinski definition) is 5. The average molecular weight is 1120 g/mol. The van der Waals surface area contributed by atoms with Crippen molar-refractivity contribution in [2.75, 3.05) is 53.4 Å². The number of fused-ring (bicyclic) bond motifs is 6. The number of epoxide rings is 1. The number of allylic oxidation sites excluding steroid dienone is 3. The lowest BCUT2D eigenvalue weighted by Crippen LogP contribution is -2.63. The molecular formula is C57H78ClN7O14. The van der Waals surface area contributed by atoms with Crippen molar-refractivity contribution in [1.82, 2.24) is 30.5 Å². The molecule has 4 bridgehead atoms. The Morgan fingerprint density at radius 3 is 2.48 bits per heavy atom. The van der Waals surface area contributed by atoms with Gasteiger partial charge in [-0.1, -0.05) is 66.6 Å². The van der Waals surface area contributed by atoms with Crippen molar-refractivity contribution in [3.8, 4) is 0 Å². The fraction of sp³-hybridized carbons (Fsp3) is 0.561. The Morgan fingerprint density at radius 2 is 1.77 bits per heavy atom. The lowest BCUT2D eigenvalue weighted by molar-refractivity contribution is -0.162. The van der Waals surface area contributed by atoms with E-state index in [0.717, 1.165) is 33.3 Å². The van der Waals surface area contributed by atoms with Gasteiger partial charge in [-0.15, -0.1) is 0 Å². The average Bonchev–Trinajstić information content (AvgIpc) is 3.94. The molecule has 4 amide bonds. The zero-order chi connectivity index (χ0) is 57.9. The van der Waals surface area contributed by atoms with Crippen molar-refractivity contribution in [3.05, 3.63) is 88.1 Å². The van der Waals surface area contributed by atoms with E-state index in [0.29, 0.717) is 30.2 Å². The van der Waals surface area contributed by atoms with Gasteiger partial charge in [0.05, 0.1) is 48.8 Å². The minimum Gasteiger partial charge on any atom is -0.481 e. The number of aryl methyl sites for hydroxylation is 2. The van der Waals surface area contributed by atoms with E-state index in [9.17, 15) is 43.8 Å². The van der Waals surface area contributed by atoms with Gasteiger partial charge in [0, 0.05) is 84.2 Å². The Bertz CT molecular complexity index is 2780. The molecule has 2 saturated heterocycles. The smallest absolute Gasteiger partial charge is 0.409 e. The number of aliphatic carboxylic acids is 1. The maximum absolute atomic E-state index is 14.3. The number of hydrazine groups is 1. The van der Waals surface area contributed by atoms with Crippen molar-refractivity contribution < 1.29 is 67.5 Å². The molecule has 2 fully saturated rings. The Labute approximate surface area is 466 Å². The molecule has 0 spiro atoms. The summed E-state index contributed by atoms with van der Waals surface area (Å²) in [7, 11) is 8.17. The molecule has 0 aliphatic carbocycles. The highest BCUT2D eigenvalue weighted by Crippen LogP contribution is 2.49. The molecule has 1 aromatic heterocycles. The number of nitrogens with one attached hydrogen (secondary N) is 3. The number of methoxy groups -OCH3 is 1. The number of carbonyl (C=O) groups is 7. The Hall–Kier alpha value is -6.20. The first-order chi connectivity index (χ1) is 37.4. The van der Waals surface area contributed by atoms with E-state index < -0.39 is 83.6 Å². The van der Waals surface area contributed by atoms with Crippen LogP contribution in [0.15, 0.2) is 66.3 Å². The van der Waals surface area contributed by atoms with Crippen molar-refractivity contribution >= 4 is 69.7 Å². The van der Waals surface area contributed by atoms with E-state index in [-0.39, 0.29) is 76.3 Å². The standard InChI is InChI=1S/C57H78ClN7O14/c1-34-15-13-19-46(75-10)57(74)32-45(77-55(73)61-57)36(3)53-56(5,79-53)47(31-50(69)64(9)43-29-38(27-34)28-35(2)52(43)58)78-54(72)37(4)63(8)49(68)23-26-76-25-14-18-44(66)41(20-21-51(70)71)60-48(67)22-24-65-40(33-62(7)59-6)30-39-16-11-12-17-42(39)65/h11-13,15-17,19,28-30,36-37,41,45-47,53,59,74H,14,18,20-27,31-33H2,1-10H3,(H,60,67)(H,61,73)(H,70,71)/b19-13+,34-15+/t36-,37+,41+,45+,46-,47+,53?,56+,57-/m1/s1. The molecule has 0 radical (unpaired) electrons. The molecule has 3 aliphatic heterocycles. The summed E-state index contributed by atoms with van der Waals surface area (Å²) in [5.74, 6) is -4.15. The molecule has 22 heteroatoms. The van der Waals surface area contributed by atoms with Crippen molar-refractivity contribution in [2.24, 2.45) is 5.92 Å². The molecule has 3 aromatic rings. The number of aliphatic hydroxyl groups is 1. The van der Waals surface area contributed by atoms with Crippen LogP contribution in [-0.2, 0) is 72.0 Å². The molecule has 9 atom stereocenters. The number of aromatic nitrogens is 1. The van der Waals surface area contributed by atoms with Gasteiger partial charge in [-0.05, 0) is 88.7 Å². The zero-order valence-corrected chi connectivity index (χ0v) is 47.7. The first-order valence-electron chi connectivity index (χ1n) is 26.7. The Kier molecular flexibility index (Phi) is 21.4. The summed E-state index contributed by atoms with van der Waals surface area (Å²) in [4.78, 5) is 95.7. The predicted octanol–water partition coefficient (Wildman–Crippen LogP) is 5.53. The molecule has 79 heavy (non-hydrogen) atoms. The molecule has 6 rings (SSSR count). The first-order valence-corrected chi connectivity index (χ1v) is 27.1. The van der Waals surface area contributed by atoms with Gasteiger partial charge < -0.3 is 53.6 Å². The molecule has 21 nitrogen and oxygen atoms in total. The number of anilines is 1. The minimum atomic E-state index is -1.87. The number of carboxylic acids is 1. The second-order valence-electron chi connectivity index (χ2n) is 21.2. The molecule has 1 unspecified atom stereocenters. The summed E-state index contributed by atoms with van der Waals surface area (Å²) in [6, 6.07) is 11.5. The highest BCUT2D eigenvalue weighted by molar-refractivity contribution is 6.34. The number of rotatable bonds is 22. The quantitative estimate of drug-likeness (QED) is 0.0359. The summed E-state index contributed by atoms with van der Waals surface area (Å²) in [5.41, 5.74) is 4.86. The maximum atomic E-state index is 14.3. The van der Waals surface area contributed by atoms with Gasteiger partial charge in [0.15, 0.2) is 11.5 Å². The SMILES string of the molecule is CNN(C)Cc1cc2ccccc2n1CCC(=O)N[C@@H](CCC(=O)O)C(=O)CCCOCCC(=O)N(C)[C@@H](C)C(=O)O[C@H]1CC(=O)N(C)c2cc(cc(C)c2Cl)C/C(C)=C/C=C/[C@@H](OC)[C@]2(O)C[C@H](OC(=O)N2)[C@@H](C)C2O[C@]21C. The van der Waals surface area contributed by atoms with Crippen molar-refractivity contribution in [3.63, 3.8) is 0 Å². The number of nitrogens with zero attached hydrogens (tertiary/aromatic N) is 4. The van der Waals surface area contributed by atoms with E-state index in [2.05, 4.69) is 26.7 Å². The van der Waals surface area contributed by atoms with Crippen LogP contribution in [0.4, 0.5) is 10.5 Å². The molecule has 2 aromatic carbocycles. The monoisotopic (exact) mass is 1120 g/mol. The van der Waals surface area contributed by atoms with E-state index >= 15 is 0 Å². The van der Waals surface area contributed by atoms with Crippen LogP contribution in [0.1, 0.15) is 95.9 Å². The predicted molar refractivity (Wildman–Crippen MR) is 295 cm³/mol. The van der Waals surface area contributed by atoms with Gasteiger partial charge in [-0.25, -0.2) is 14.6 Å². The van der Waals surface area contributed by atoms with Gasteiger partial charge in [0.1, 0.15) is 30.0 Å². The summed E-state index contributed by atoms with van der Waals surface area (Å²) in [6.45, 7) is 9.67. The van der Waals surface area contributed by atoms with Gasteiger partial charge in [-0.2, -0.15) is 0 Å². The van der Waals surface area contributed by atoms with Crippen LogP contribution >= 0.6 is 11.6 Å². The summed E-state index contributed by atoms with van der Waals surface area (Å²) < 4.78 is 31.6. The second-order valence-corrected chi connectivity index (χ2v) is 21.6. The summed E-state index contributed by atoms with van der Waals surface area (Å²) in [5, 5.41) is 29.8. The Balaban J connectivity index is 1.06. The number of Topliss-reactive ketones (excluding diaryl/α,β-unsaturated/α-hetero) is 1. The number of likely N-dealkylation sites (N-methyl/N-ethyl adjacent to an activating group) is 1. The number of esters is 1. The highest BCUT2D eigenvalue weighted by atomic mass is 35.5. The normalized spacial score (nSPS) is 25.3. The highest BCUT2D eigenvalue weighted by Gasteiger charge is 2.64. The number of halogens is 1. The van der Waals surface area contributed by atoms with Crippen LogP contribution in [-0.4, -0.2) is 163 Å². The third kappa shape index (κ3) is 15.8. The number of para-hydroxylation sites is 1. The number of ether oxygens (including phenoxy) is 5. The lowest BCUT2D eigenvalue weighted by Gasteiger charge is -2.42. The number of benzene rings is 2. The number of hydrogen-bond acceptors (Lipinski definition) is 15. The van der Waals surface area contributed by atoms with E-state index in [4.69, 9.17) is 35.3 Å². The Morgan fingerprint density at radius 1 is 1.04 bits per heavy atom. The fourth-order valence-electron chi connectivity index (χ4n) is 10.3. The van der Waals surface area contributed by atoms with E-state index in [1.165, 1.54) is 30.9 Å². The lowest BCUT2D eigenvalue weighted by atomic mass is 9.83. The second kappa shape index (κ2) is 27.3. The van der Waals surface area contributed by atoms with Crippen LogP contribution in [0.2, 0.25) is 5.02 Å². The number of ketones is 1. The molecule has 432 valence electrons. The third-order valence-electron chi connectivity index (χ3n) is 15.3. The van der Waals surface area contributed by atoms with E-state index in [1.807, 2.05) is 75.4 Å². The van der Waals surface area contributed by atoms with Crippen LogP contribution < -0.4 is 21.0 Å². The third-order valence-corrected chi connectivity index (χ3v) is 15.8. The largest absolute Gasteiger partial charge is 0.481 e. The van der Waals surface area contributed by atoms with Gasteiger partial charge in [0.2, 0.25) is 17.7 Å². The first kappa shape index (κ1) is 62.0. The van der Waals surface area contributed by atoms with Crippen molar-refractivity contribution in [2.45, 2.75) is 153 Å². The number of amides is 4. The fourth-order valence-corrected chi connectivity index (χ4v) is 10.5. The molecule has 3 aliphatic rings. The van der Waals surface area contributed by atoms with E-state index in [1.54, 1.807) is 33.0 Å². The topological polar surface area (TPSA) is 260 Å². The number of carboxylic acid groups (broad SMARTS) is 1. The number of alkyl carbamates (subject to hydrolysis) is 1. The van der Waals surface area contributed by atoms with Crippen LogP contribution in [0.3, 0.4) is 0 Å². The summed E-state index contributed by atoms with van der Waals surface area (Å²) in [6.07, 6.45) is 0.349. The van der Waals surface area contributed by atoms with Gasteiger partial charge >= 0.3 is 18.0 Å². The molecular weight excluding hydrogens is 1040 g/mol. The molecule has 0 saturated carbocycles. The summed E-state index contributed by atoms with van der Waals surface area (Å²) >= 11 is 6.83. The van der Waals surface area contributed by atoms with Crippen LogP contribution in [0, 0.1) is 12.8 Å². The maximum Gasteiger partial charge on any atom is 0.409 e. The van der Waals surface area contributed by atoms with Gasteiger partial charge in [-0.3, -0.25) is 34.7 Å². The zero-order valence-electron chi connectivity index (χ0n) is 47.0. The molecule has 5 N–H and O–H groups in total. The minimum absolute atomic E-state index is 0.0147. The number of carbonyl (C=O) groups excluding carboxylic acids is 6.